The lowest BCUT2D eigenvalue weighted by Gasteiger charge is -2.18. The molecule has 0 radical (unpaired) electrons. The third-order valence-electron chi connectivity index (χ3n) is 5.32. The zero-order valence-corrected chi connectivity index (χ0v) is 17.5. The van der Waals surface area contributed by atoms with E-state index >= 15 is 0 Å². The van der Waals surface area contributed by atoms with Crippen LogP contribution in [0.3, 0.4) is 0 Å². The first-order valence-corrected chi connectivity index (χ1v) is 10.6. The Balaban J connectivity index is 1.57. The molecule has 7 heteroatoms. The van der Waals surface area contributed by atoms with Crippen molar-refractivity contribution in [3.63, 3.8) is 0 Å². The van der Waals surface area contributed by atoms with Gasteiger partial charge >= 0.3 is 0 Å². The Hall–Kier alpha value is -2.18. The maximum absolute atomic E-state index is 13.0. The van der Waals surface area contributed by atoms with Gasteiger partial charge in [-0.15, -0.1) is 11.3 Å². The van der Waals surface area contributed by atoms with Gasteiger partial charge in [0.1, 0.15) is 11.4 Å². The second kappa shape index (κ2) is 7.68. The van der Waals surface area contributed by atoms with Crippen LogP contribution >= 0.6 is 22.9 Å². The van der Waals surface area contributed by atoms with Gasteiger partial charge in [-0.1, -0.05) is 30.7 Å². The van der Waals surface area contributed by atoms with Crippen molar-refractivity contribution in [1.82, 2.24) is 14.5 Å². The summed E-state index contributed by atoms with van der Waals surface area (Å²) in [5.41, 5.74) is 1.98. The second-order valence-electron chi connectivity index (χ2n) is 7.59. The minimum Gasteiger partial charge on any atom is -0.340 e. The van der Waals surface area contributed by atoms with Gasteiger partial charge in [0.05, 0.1) is 11.7 Å². The number of aryl methyl sites for hydroxylation is 1. The number of fused-ring (bicyclic) bond motifs is 3. The number of hydrogen-bond acceptors (Lipinski definition) is 4. The fourth-order valence-electron chi connectivity index (χ4n) is 3.74. The van der Waals surface area contributed by atoms with Crippen molar-refractivity contribution in [3.05, 3.63) is 62.0 Å². The Labute approximate surface area is 172 Å². The number of carbonyl (C=O) groups excluding carboxylic acids is 1. The smallest absolute Gasteiger partial charge is 0.262 e. The molecule has 0 unspecified atom stereocenters. The van der Waals surface area contributed by atoms with Crippen molar-refractivity contribution in [1.29, 1.82) is 0 Å². The number of hydrogen-bond donors (Lipinski definition) is 0. The summed E-state index contributed by atoms with van der Waals surface area (Å²) in [6, 6.07) is 7.42. The predicted molar refractivity (Wildman–Crippen MR) is 113 cm³/mol. The summed E-state index contributed by atoms with van der Waals surface area (Å²) in [5.74, 6) is 0.505. The van der Waals surface area contributed by atoms with Crippen molar-refractivity contribution in [2.45, 2.75) is 39.3 Å². The third kappa shape index (κ3) is 3.71. The topological polar surface area (TPSA) is 55.2 Å². The summed E-state index contributed by atoms with van der Waals surface area (Å²) >= 11 is 7.64. The van der Waals surface area contributed by atoms with Crippen LogP contribution in [0.2, 0.25) is 5.02 Å². The van der Waals surface area contributed by atoms with Crippen LogP contribution in [-0.2, 0) is 30.7 Å². The number of halogens is 1. The molecule has 0 N–H and O–H groups in total. The number of thiophene rings is 1. The van der Waals surface area contributed by atoms with Crippen LogP contribution in [-0.4, -0.2) is 27.4 Å². The van der Waals surface area contributed by atoms with E-state index in [0.717, 1.165) is 35.2 Å². The molecule has 5 nitrogen and oxygen atoms in total. The molecule has 1 aromatic carbocycles. The van der Waals surface area contributed by atoms with Crippen molar-refractivity contribution in [2.75, 3.05) is 7.05 Å². The minimum atomic E-state index is -0.138. The van der Waals surface area contributed by atoms with E-state index in [9.17, 15) is 9.59 Å². The van der Waals surface area contributed by atoms with Gasteiger partial charge in [0, 0.05) is 23.5 Å². The van der Waals surface area contributed by atoms with Crippen LogP contribution in [0.1, 0.15) is 29.3 Å². The molecule has 3 aromatic rings. The highest BCUT2D eigenvalue weighted by molar-refractivity contribution is 7.18. The van der Waals surface area contributed by atoms with Crippen molar-refractivity contribution in [2.24, 2.45) is 5.92 Å². The first-order valence-electron chi connectivity index (χ1n) is 9.40. The standard InChI is InChI=1S/C21H22ClN3O2S/c1-13-6-7-16-17(8-13)28-20-19(16)21(27)25(12-23-20)11-18(26)24(2)10-14-4-3-5-15(22)9-14/h3-5,9,12-13H,6-8,10-11H2,1-2H3/t13-/m1/s1. The summed E-state index contributed by atoms with van der Waals surface area (Å²) in [5, 5.41) is 1.35. The van der Waals surface area contributed by atoms with E-state index in [0.29, 0.717) is 22.9 Å². The fraction of sp³-hybridized carbons (Fsp3) is 0.381. The molecule has 0 spiro atoms. The molecule has 146 valence electrons. The van der Waals surface area contributed by atoms with Crippen LogP contribution < -0.4 is 5.56 Å². The van der Waals surface area contributed by atoms with Gasteiger partial charge in [-0.25, -0.2) is 4.98 Å². The van der Waals surface area contributed by atoms with Crippen LogP contribution in [0.25, 0.3) is 10.2 Å². The zero-order chi connectivity index (χ0) is 19.8. The van der Waals surface area contributed by atoms with Gasteiger partial charge in [0.2, 0.25) is 5.91 Å². The van der Waals surface area contributed by atoms with Gasteiger partial charge in [-0.05, 0) is 48.4 Å². The van der Waals surface area contributed by atoms with E-state index in [1.807, 2.05) is 18.2 Å². The van der Waals surface area contributed by atoms with Gasteiger partial charge < -0.3 is 4.90 Å². The van der Waals surface area contributed by atoms with E-state index in [4.69, 9.17) is 11.6 Å². The first-order chi connectivity index (χ1) is 13.4. The molecule has 0 bridgehead atoms. The van der Waals surface area contributed by atoms with Crippen LogP contribution in [0.5, 0.6) is 0 Å². The molecule has 2 heterocycles. The van der Waals surface area contributed by atoms with Gasteiger partial charge in [0.15, 0.2) is 0 Å². The molecule has 2 aromatic heterocycles. The molecule has 1 amide bonds. The third-order valence-corrected chi connectivity index (χ3v) is 6.72. The normalized spacial score (nSPS) is 16.2. The van der Waals surface area contributed by atoms with Crippen LogP contribution in [0, 0.1) is 5.92 Å². The number of carbonyl (C=O) groups is 1. The Bertz CT molecular complexity index is 1100. The average molecular weight is 416 g/mol. The van der Waals surface area contributed by atoms with Crippen molar-refractivity contribution >= 4 is 39.1 Å². The van der Waals surface area contributed by atoms with Gasteiger partial charge in [-0.2, -0.15) is 0 Å². The Morgan fingerprint density at radius 2 is 2.25 bits per heavy atom. The number of likely N-dealkylation sites (N-methyl/N-ethyl adjacent to an activating group) is 1. The van der Waals surface area contributed by atoms with Gasteiger partial charge in [0.25, 0.3) is 5.56 Å². The van der Waals surface area contributed by atoms with Gasteiger partial charge in [-0.3, -0.25) is 14.2 Å². The van der Waals surface area contributed by atoms with E-state index in [2.05, 4.69) is 11.9 Å². The molecule has 28 heavy (non-hydrogen) atoms. The Kier molecular flexibility index (Phi) is 5.25. The number of rotatable bonds is 4. The highest BCUT2D eigenvalue weighted by Crippen LogP contribution is 2.35. The summed E-state index contributed by atoms with van der Waals surface area (Å²) in [7, 11) is 1.73. The van der Waals surface area contributed by atoms with Crippen LogP contribution in [0.4, 0.5) is 0 Å². The largest absolute Gasteiger partial charge is 0.340 e. The lowest BCUT2D eigenvalue weighted by Crippen LogP contribution is -2.33. The lowest BCUT2D eigenvalue weighted by molar-refractivity contribution is -0.131. The maximum atomic E-state index is 13.0. The molecule has 1 aliphatic carbocycles. The summed E-state index contributed by atoms with van der Waals surface area (Å²) in [4.78, 5) is 33.9. The molecule has 1 aliphatic rings. The molecular weight excluding hydrogens is 394 g/mol. The SMILES string of the molecule is C[C@@H]1CCc2c(sc3ncn(CC(=O)N(C)Cc4cccc(Cl)c4)c(=O)c23)C1. The highest BCUT2D eigenvalue weighted by Gasteiger charge is 2.23. The molecule has 4 rings (SSSR count). The molecule has 0 saturated heterocycles. The fourth-order valence-corrected chi connectivity index (χ4v) is 5.30. The molecule has 0 saturated carbocycles. The van der Waals surface area contributed by atoms with Crippen molar-refractivity contribution < 1.29 is 4.79 Å². The average Bonchev–Trinajstić information content (AvgIpc) is 3.02. The van der Waals surface area contributed by atoms with E-state index in [1.165, 1.54) is 15.8 Å². The monoisotopic (exact) mass is 415 g/mol. The first kappa shape index (κ1) is 19.2. The van der Waals surface area contributed by atoms with Crippen molar-refractivity contribution in [3.8, 4) is 0 Å². The maximum Gasteiger partial charge on any atom is 0.262 e. The zero-order valence-electron chi connectivity index (χ0n) is 15.9. The molecule has 1 atom stereocenters. The molecule has 0 aliphatic heterocycles. The quantitative estimate of drug-likeness (QED) is 0.649. The number of amides is 1. The van der Waals surface area contributed by atoms with Crippen LogP contribution in [0.15, 0.2) is 35.4 Å². The Morgan fingerprint density at radius 3 is 3.04 bits per heavy atom. The predicted octanol–water partition coefficient (Wildman–Crippen LogP) is 3.89. The van der Waals surface area contributed by atoms with E-state index in [1.54, 1.807) is 29.4 Å². The second-order valence-corrected chi connectivity index (χ2v) is 9.11. The lowest BCUT2D eigenvalue weighted by atomic mass is 9.89. The van der Waals surface area contributed by atoms with E-state index < -0.39 is 0 Å². The summed E-state index contributed by atoms with van der Waals surface area (Å²) in [6.45, 7) is 2.67. The molecule has 0 fully saturated rings. The molecular formula is C21H22ClN3O2S. The summed E-state index contributed by atoms with van der Waals surface area (Å²) in [6.07, 6.45) is 4.52. The number of aromatic nitrogens is 2. The van der Waals surface area contributed by atoms with E-state index in [-0.39, 0.29) is 18.0 Å². The minimum absolute atomic E-state index is 0.0140. The number of nitrogens with zero attached hydrogens (tertiary/aromatic N) is 3. The highest BCUT2D eigenvalue weighted by atomic mass is 35.5. The number of benzene rings is 1. The summed E-state index contributed by atoms with van der Waals surface area (Å²) < 4.78 is 1.43. The Morgan fingerprint density at radius 1 is 1.43 bits per heavy atom.